The summed E-state index contributed by atoms with van der Waals surface area (Å²) >= 11 is 0. The Hall–Kier alpha value is -7.43. The molecule has 8 bridgehead atoms. The summed E-state index contributed by atoms with van der Waals surface area (Å²) in [5, 5.41) is 0. The third-order valence-electron chi connectivity index (χ3n) is 28.6. The number of alkyl halides is 3. The molecular weight excluding hydrogens is 1460 g/mol. The molecule has 6 unspecified atom stereocenters. The minimum absolute atomic E-state index is 0.0735. The first-order chi connectivity index (χ1) is 56.0. The molecule has 21 heteroatoms. The molecule has 5 aromatic carbocycles. The van der Waals surface area contributed by atoms with Gasteiger partial charge in [-0.15, -0.1) is 0 Å². The monoisotopic (exact) mass is 1590 g/mol. The van der Waals surface area contributed by atoms with E-state index in [1.807, 2.05) is 41.0 Å². The molecule has 115 heavy (non-hydrogen) atoms. The van der Waals surface area contributed by atoms with Crippen molar-refractivity contribution in [3.8, 4) is 0 Å². The topological polar surface area (TPSA) is 91.5 Å². The second-order valence-electron chi connectivity index (χ2n) is 35.6. The lowest BCUT2D eigenvalue weighted by Gasteiger charge is -2.58. The van der Waals surface area contributed by atoms with Gasteiger partial charge in [-0.25, -0.2) is 18.4 Å². The van der Waals surface area contributed by atoms with Crippen LogP contribution >= 0.6 is 0 Å². The third kappa shape index (κ3) is 21.0. The second-order valence-corrected chi connectivity index (χ2v) is 35.6. The van der Waals surface area contributed by atoms with Crippen molar-refractivity contribution in [1.82, 2.24) is 34.3 Å². The maximum atomic E-state index is 14.0. The van der Waals surface area contributed by atoms with Gasteiger partial charge >= 0.3 is 18.4 Å². The lowest BCUT2D eigenvalue weighted by molar-refractivity contribution is -0.137. The van der Waals surface area contributed by atoms with E-state index in [0.29, 0.717) is 57.2 Å². The summed E-state index contributed by atoms with van der Waals surface area (Å²) in [6.07, 6.45) is 22.2. The largest absolute Gasteiger partial charge is 0.450 e. The van der Waals surface area contributed by atoms with E-state index in [9.17, 15) is 31.5 Å². The number of aryl methyl sites for hydroxylation is 1. The van der Waals surface area contributed by atoms with Crippen molar-refractivity contribution in [2.45, 2.75) is 129 Å². The molecule has 624 valence electrons. The minimum Gasteiger partial charge on any atom is -0.450 e. The first kappa shape index (κ1) is 82.7. The fourth-order valence-electron chi connectivity index (χ4n) is 22.8. The number of para-hydroxylation sites is 4. The summed E-state index contributed by atoms with van der Waals surface area (Å²) in [6, 6.07) is 41.3. The first-order valence-corrected chi connectivity index (χ1v) is 44.4. The smallest absolute Gasteiger partial charge is 0.416 e. The van der Waals surface area contributed by atoms with Crippen LogP contribution in [-0.2, 0) is 15.7 Å². The number of anilines is 5. The predicted molar refractivity (Wildman–Crippen MR) is 452 cm³/mol. The Balaban J connectivity index is 0.000000113. The van der Waals surface area contributed by atoms with Crippen molar-refractivity contribution < 1.29 is 41.0 Å². The van der Waals surface area contributed by atoms with E-state index in [4.69, 9.17) is 9.47 Å². The molecule has 13 fully saturated rings. The Labute approximate surface area is 682 Å². The number of rotatable bonds is 14. The maximum absolute atomic E-state index is 14.0. The summed E-state index contributed by atoms with van der Waals surface area (Å²) in [6.45, 7) is 32.7. The van der Waals surface area contributed by atoms with Gasteiger partial charge in [0.2, 0.25) is 0 Å². The molecule has 7 heterocycles. The molecule has 0 radical (unpaired) electrons. The van der Waals surface area contributed by atoms with Crippen molar-refractivity contribution in [3.05, 3.63) is 174 Å². The Morgan fingerprint density at radius 1 is 0.391 bits per heavy atom. The molecule has 6 atom stereocenters. The van der Waals surface area contributed by atoms with Gasteiger partial charge in [-0.05, 0) is 230 Å². The lowest BCUT2D eigenvalue weighted by Crippen LogP contribution is -2.60. The quantitative estimate of drug-likeness (QED) is 0.0780. The van der Waals surface area contributed by atoms with E-state index in [1.165, 1.54) is 126 Å². The molecule has 2 amide bonds. The number of piperidine rings is 2. The van der Waals surface area contributed by atoms with Crippen LogP contribution in [0.25, 0.3) is 0 Å². The van der Waals surface area contributed by atoms with Gasteiger partial charge in [0.15, 0.2) is 0 Å². The minimum atomic E-state index is -4.31. The number of fused-ring (bicyclic) bond motifs is 4. The fourth-order valence-corrected chi connectivity index (χ4v) is 22.8. The zero-order valence-corrected chi connectivity index (χ0v) is 68.8. The predicted octanol–water partition coefficient (Wildman–Crippen LogP) is 16.1. The average Bonchev–Trinajstić information content (AvgIpc) is 1.45. The van der Waals surface area contributed by atoms with Gasteiger partial charge in [0.25, 0.3) is 0 Å². The van der Waals surface area contributed by atoms with Crippen LogP contribution in [0.1, 0.15) is 108 Å². The van der Waals surface area contributed by atoms with E-state index < -0.39 is 11.7 Å². The van der Waals surface area contributed by atoms with Crippen LogP contribution in [0, 0.1) is 77.7 Å². The van der Waals surface area contributed by atoms with Crippen molar-refractivity contribution in [3.63, 3.8) is 0 Å². The number of benzene rings is 5. The lowest BCUT2D eigenvalue weighted by atomic mass is 9.54. The van der Waals surface area contributed by atoms with E-state index >= 15 is 0 Å². The molecule has 7 saturated heterocycles. The van der Waals surface area contributed by atoms with Crippen LogP contribution in [0.5, 0.6) is 0 Å². The number of hydrogen-bond acceptors (Lipinski definition) is 14. The van der Waals surface area contributed by atoms with Gasteiger partial charge < -0.3 is 43.8 Å². The fraction of sp³-hybridized carbons (Fsp3) is 0.617. The molecule has 15 aliphatic rings. The van der Waals surface area contributed by atoms with Crippen LogP contribution in [0.3, 0.4) is 0 Å². The molecule has 7 aliphatic heterocycles. The van der Waals surface area contributed by atoms with Crippen molar-refractivity contribution >= 4 is 40.6 Å². The summed E-state index contributed by atoms with van der Waals surface area (Å²) in [4.78, 5) is 51.7. The summed E-state index contributed by atoms with van der Waals surface area (Å²) in [5.41, 5.74) is 5.69. The Bertz CT molecular complexity index is 3920. The highest BCUT2D eigenvalue weighted by molar-refractivity contribution is 5.68. The number of carbonyl (C=O) groups excluding carboxylic acids is 2. The molecule has 20 rings (SSSR count). The highest BCUT2D eigenvalue weighted by atomic mass is 19.4. The number of likely N-dealkylation sites (tertiary alicyclic amines) is 2. The normalized spacial score (nSPS) is 28.5. The van der Waals surface area contributed by atoms with Crippen LogP contribution < -0.4 is 24.5 Å². The molecule has 5 aromatic rings. The molecule has 6 saturated carbocycles. The van der Waals surface area contributed by atoms with Gasteiger partial charge in [0.1, 0.15) is 11.6 Å². The average molecular weight is 1590 g/mol. The van der Waals surface area contributed by atoms with Gasteiger partial charge in [0.05, 0.1) is 30.2 Å². The zero-order valence-electron chi connectivity index (χ0n) is 68.8. The molecule has 0 aromatic heterocycles. The van der Waals surface area contributed by atoms with E-state index in [-0.39, 0.29) is 23.8 Å². The van der Waals surface area contributed by atoms with Crippen LogP contribution in [-0.4, -0.2) is 248 Å². The van der Waals surface area contributed by atoms with Crippen molar-refractivity contribution in [2.75, 3.05) is 208 Å². The van der Waals surface area contributed by atoms with Crippen LogP contribution in [0.2, 0.25) is 0 Å². The van der Waals surface area contributed by atoms with Gasteiger partial charge in [0, 0.05) is 205 Å². The molecular formula is C94H129F5N12O4. The van der Waals surface area contributed by atoms with Crippen molar-refractivity contribution in [2.24, 2.45) is 59.2 Å². The Kier molecular flexibility index (Phi) is 28.0. The van der Waals surface area contributed by atoms with E-state index in [1.54, 1.807) is 42.2 Å². The number of hydrogen-bond donors (Lipinski definition) is 0. The number of piperazine rings is 5. The number of amides is 2. The van der Waals surface area contributed by atoms with Crippen molar-refractivity contribution in [1.29, 1.82) is 0 Å². The number of nitrogens with zero attached hydrogens (tertiary/aromatic N) is 12. The number of ether oxygens (including phenoxy) is 2. The Morgan fingerprint density at radius 3 is 1.21 bits per heavy atom. The molecule has 0 N–H and O–H groups in total. The van der Waals surface area contributed by atoms with E-state index in [2.05, 4.69) is 130 Å². The second kappa shape index (κ2) is 39.0. The summed E-state index contributed by atoms with van der Waals surface area (Å²) in [5.74, 6) is 9.16. The maximum Gasteiger partial charge on any atom is 0.416 e. The highest BCUT2D eigenvalue weighted by Crippen LogP contribution is 2.55. The van der Waals surface area contributed by atoms with Crippen LogP contribution in [0.4, 0.5) is 60.0 Å². The standard InChI is InChI=1S/C20H27FN2.C19H26F3N3O2.C19H29N3O2.C18H23FN2.C18H24N2/c21-18-3-1-2-4-19(18)22-5-7-23(8-6-22)20-16-10-14-9-15(12-16)13-17(20)11-14;1-2-27-18(26)25-8-6-16(7-9-25)23-10-12-24(13-11-23)17-5-3-4-15(14-17)19(20,21)22;1-3-24-19(23)22-10-8-17(9-11-22)20-12-14-21(15-13-20)18-7-5-4-6-16(18)2;19-17-3-1-2-4-18(17)21-9-7-20(8-10-21)13-16-12-14-5-6-15(16)11-14;1-2-4-18(5-3-1)20-10-8-19(9-11-20)14-17-13-15-6-7-16(17)12-15/h1-4,14-17,20H,5-13H2;3-5,14,16H,2,6-13H2,1H3;4-7,17H,3,8-15H2,1-2H3;1-6,14-16H,7-13H2;1-7,15-17H,8-14H2. The number of allylic oxidation sites excluding steroid dienone is 4. The molecule has 16 nitrogen and oxygen atoms in total. The van der Waals surface area contributed by atoms with Gasteiger partial charge in [-0.3, -0.25) is 24.5 Å². The molecule has 0 spiro atoms. The van der Waals surface area contributed by atoms with E-state index in [0.717, 1.165) is 213 Å². The number of carbonyl (C=O) groups is 2. The van der Waals surface area contributed by atoms with Crippen LogP contribution in [0.15, 0.2) is 152 Å². The SMILES string of the molecule is C1=CC2CC1CC2CN1CCN(c2ccccc2)CC1.CCOC(=O)N1CCC(N2CCN(c3cccc(C(F)(F)F)c3)CC2)CC1.CCOC(=O)N1CCC(N2CCN(c3ccccc3C)CC2)CC1.Fc1ccccc1N1CCN(C2C3CC4CC(C3)CC2C4)CC1.Fc1ccccc1N1CCN(CC2CC3C=CC2C3)CC1. The Morgan fingerprint density at radius 2 is 0.783 bits per heavy atom. The number of halogens is 5. The highest BCUT2D eigenvalue weighted by Gasteiger charge is 2.51. The molecule has 8 aliphatic carbocycles. The summed E-state index contributed by atoms with van der Waals surface area (Å²) in [7, 11) is 0. The van der Waals surface area contributed by atoms with Gasteiger partial charge in [-0.2, -0.15) is 13.2 Å². The first-order valence-electron chi connectivity index (χ1n) is 44.4. The summed E-state index contributed by atoms with van der Waals surface area (Å²) < 4.78 is 76.7. The third-order valence-corrected chi connectivity index (χ3v) is 28.6. The van der Waals surface area contributed by atoms with Gasteiger partial charge in [-0.1, -0.05) is 91.0 Å². The zero-order chi connectivity index (χ0) is 79.4.